The van der Waals surface area contributed by atoms with E-state index in [-0.39, 0.29) is 24.0 Å². The van der Waals surface area contributed by atoms with Gasteiger partial charge in [-0.3, -0.25) is 9.59 Å². The van der Waals surface area contributed by atoms with E-state index < -0.39 is 5.41 Å². The van der Waals surface area contributed by atoms with E-state index in [1.165, 1.54) is 6.42 Å². The Hall–Kier alpha value is -1.56. The van der Waals surface area contributed by atoms with E-state index >= 15 is 0 Å². The fraction of sp³-hybridized carbons (Fsp3) is 0.722. The molecule has 4 saturated carbocycles. The van der Waals surface area contributed by atoms with Crippen molar-refractivity contribution in [2.24, 2.45) is 24.3 Å². The van der Waals surface area contributed by atoms with E-state index in [9.17, 15) is 9.59 Å². The smallest absolute Gasteiger partial charge is 0.312 e. The van der Waals surface area contributed by atoms with E-state index in [2.05, 4.69) is 10.3 Å². The number of esters is 1. The van der Waals surface area contributed by atoms with Crippen molar-refractivity contribution >= 4 is 23.5 Å². The van der Waals surface area contributed by atoms with Crippen molar-refractivity contribution in [3.63, 3.8) is 0 Å². The maximum absolute atomic E-state index is 13.0. The van der Waals surface area contributed by atoms with E-state index in [4.69, 9.17) is 16.3 Å². The van der Waals surface area contributed by atoms with Crippen molar-refractivity contribution in [2.75, 3.05) is 0 Å². The second-order valence-electron chi connectivity index (χ2n) is 8.34. The Balaban J connectivity index is 1.51. The maximum atomic E-state index is 13.0. The Kier molecular flexibility index (Phi) is 3.87. The molecule has 4 aliphatic carbocycles. The van der Waals surface area contributed by atoms with Crippen LogP contribution in [0.4, 0.5) is 0 Å². The summed E-state index contributed by atoms with van der Waals surface area (Å²) in [6.07, 6.45) is 7.18. The van der Waals surface area contributed by atoms with Crippen LogP contribution in [-0.4, -0.2) is 27.0 Å². The number of carbonyl (C=O) groups is 2. The number of carbonyl (C=O) groups excluding carboxylic acids is 2. The molecule has 7 heteroatoms. The Morgan fingerprint density at radius 2 is 2.04 bits per heavy atom. The average molecular weight is 366 g/mol. The standard InChI is InChI=1S/C18H24ClN3O3/c1-11(23)21-18-6-12-3-13(7-18)5-17(4-12,10-18)16(24)25-9-15-20-8-14(19)22(15)2/h8,12-13H,3-7,9-10H2,1-2H3,(H,21,23). The van der Waals surface area contributed by atoms with Crippen LogP contribution in [0.5, 0.6) is 0 Å². The van der Waals surface area contributed by atoms with Crippen LogP contribution >= 0.6 is 11.6 Å². The normalized spacial score (nSPS) is 35.6. The molecule has 0 aromatic carbocycles. The van der Waals surface area contributed by atoms with Gasteiger partial charge in [0.1, 0.15) is 17.6 Å². The van der Waals surface area contributed by atoms with Gasteiger partial charge in [0.2, 0.25) is 5.91 Å². The van der Waals surface area contributed by atoms with E-state index in [1.807, 2.05) is 0 Å². The Labute approximate surface area is 152 Å². The zero-order chi connectivity index (χ0) is 17.8. The van der Waals surface area contributed by atoms with Crippen LogP contribution < -0.4 is 5.32 Å². The lowest BCUT2D eigenvalue weighted by Crippen LogP contribution is -2.64. The Morgan fingerprint density at radius 3 is 2.60 bits per heavy atom. The number of amides is 1. The molecule has 4 bridgehead atoms. The quantitative estimate of drug-likeness (QED) is 0.832. The summed E-state index contributed by atoms with van der Waals surface area (Å²) in [5.74, 6) is 1.50. The van der Waals surface area contributed by atoms with E-state index in [1.54, 1.807) is 24.7 Å². The first-order valence-corrected chi connectivity index (χ1v) is 9.31. The second-order valence-corrected chi connectivity index (χ2v) is 8.72. The van der Waals surface area contributed by atoms with Gasteiger partial charge in [0.05, 0.1) is 11.6 Å². The van der Waals surface area contributed by atoms with Gasteiger partial charge in [0.15, 0.2) is 0 Å². The average Bonchev–Trinajstić information content (AvgIpc) is 2.81. The first-order chi connectivity index (χ1) is 11.8. The van der Waals surface area contributed by atoms with Crippen LogP contribution in [0.15, 0.2) is 6.20 Å². The molecule has 0 saturated heterocycles. The van der Waals surface area contributed by atoms with Crippen LogP contribution in [0, 0.1) is 17.3 Å². The third kappa shape index (κ3) is 2.84. The number of rotatable bonds is 4. The lowest BCUT2D eigenvalue weighted by Gasteiger charge is -2.60. The summed E-state index contributed by atoms with van der Waals surface area (Å²) < 4.78 is 7.38. The topological polar surface area (TPSA) is 73.2 Å². The van der Waals surface area contributed by atoms with Gasteiger partial charge in [-0.2, -0.15) is 0 Å². The first kappa shape index (κ1) is 16.9. The number of imidazole rings is 1. The van der Waals surface area contributed by atoms with Gasteiger partial charge in [0.25, 0.3) is 0 Å². The van der Waals surface area contributed by atoms with Crippen LogP contribution in [-0.2, 0) is 28.0 Å². The third-order valence-corrected chi connectivity index (χ3v) is 6.65. The van der Waals surface area contributed by atoms with Crippen molar-refractivity contribution in [3.05, 3.63) is 17.2 Å². The zero-order valence-electron chi connectivity index (χ0n) is 14.7. The van der Waals surface area contributed by atoms with Crippen molar-refractivity contribution in [2.45, 2.75) is 57.6 Å². The number of halogens is 1. The number of nitrogens with zero attached hydrogens (tertiary/aromatic N) is 2. The monoisotopic (exact) mass is 365 g/mol. The first-order valence-electron chi connectivity index (χ1n) is 8.93. The highest BCUT2D eigenvalue weighted by molar-refractivity contribution is 6.29. The van der Waals surface area contributed by atoms with Crippen molar-refractivity contribution in [3.8, 4) is 0 Å². The van der Waals surface area contributed by atoms with Gasteiger partial charge in [0, 0.05) is 19.5 Å². The maximum Gasteiger partial charge on any atom is 0.312 e. The molecule has 1 amide bonds. The number of hydrogen-bond donors (Lipinski definition) is 1. The van der Waals surface area contributed by atoms with E-state index in [0.29, 0.717) is 29.2 Å². The molecule has 2 atom stereocenters. The van der Waals surface area contributed by atoms with Crippen LogP contribution in [0.2, 0.25) is 5.15 Å². The zero-order valence-corrected chi connectivity index (χ0v) is 15.4. The number of hydrogen-bond acceptors (Lipinski definition) is 4. The summed E-state index contributed by atoms with van der Waals surface area (Å²) in [5, 5.41) is 3.69. The molecule has 1 N–H and O–H groups in total. The molecule has 0 aliphatic heterocycles. The largest absolute Gasteiger partial charge is 0.457 e. The molecule has 136 valence electrons. The fourth-order valence-electron chi connectivity index (χ4n) is 5.86. The summed E-state index contributed by atoms with van der Waals surface area (Å²) in [4.78, 5) is 28.9. The lowest BCUT2D eigenvalue weighted by atomic mass is 9.47. The molecular formula is C18H24ClN3O3. The van der Waals surface area contributed by atoms with Crippen molar-refractivity contribution in [1.82, 2.24) is 14.9 Å². The molecule has 6 nitrogen and oxygen atoms in total. The van der Waals surface area contributed by atoms with Crippen molar-refractivity contribution in [1.29, 1.82) is 0 Å². The van der Waals surface area contributed by atoms with Gasteiger partial charge >= 0.3 is 5.97 Å². The summed E-state index contributed by atoms with van der Waals surface area (Å²) >= 11 is 5.99. The highest BCUT2D eigenvalue weighted by atomic mass is 35.5. The van der Waals surface area contributed by atoms with Crippen LogP contribution in [0.3, 0.4) is 0 Å². The predicted octanol–water partition coefficient (Wildman–Crippen LogP) is 2.59. The summed E-state index contributed by atoms with van der Waals surface area (Å²) in [6, 6.07) is 0. The molecule has 0 spiro atoms. The molecule has 0 radical (unpaired) electrons. The summed E-state index contributed by atoms with van der Waals surface area (Å²) in [7, 11) is 1.80. The molecule has 25 heavy (non-hydrogen) atoms. The van der Waals surface area contributed by atoms with Gasteiger partial charge in [-0.15, -0.1) is 0 Å². The Morgan fingerprint density at radius 1 is 1.36 bits per heavy atom. The minimum atomic E-state index is -0.457. The third-order valence-electron chi connectivity index (χ3n) is 6.30. The number of aromatic nitrogens is 2. The summed E-state index contributed by atoms with van der Waals surface area (Å²) in [6.45, 7) is 1.70. The van der Waals surface area contributed by atoms with Gasteiger partial charge in [-0.25, -0.2) is 4.98 Å². The predicted molar refractivity (Wildman–Crippen MR) is 91.7 cm³/mol. The van der Waals surface area contributed by atoms with Gasteiger partial charge < -0.3 is 14.6 Å². The molecule has 1 aromatic heterocycles. The van der Waals surface area contributed by atoms with E-state index in [0.717, 1.165) is 25.7 Å². The second kappa shape index (κ2) is 5.73. The number of nitrogens with one attached hydrogen (secondary N) is 1. The minimum absolute atomic E-state index is 0.00637. The highest BCUT2D eigenvalue weighted by Crippen LogP contribution is 2.62. The Bertz CT molecular complexity index is 715. The van der Waals surface area contributed by atoms with Crippen molar-refractivity contribution < 1.29 is 14.3 Å². The molecule has 4 fully saturated rings. The minimum Gasteiger partial charge on any atom is -0.457 e. The molecule has 4 aliphatic rings. The highest BCUT2D eigenvalue weighted by Gasteiger charge is 2.61. The molecule has 2 unspecified atom stereocenters. The molecule has 1 aromatic rings. The van der Waals surface area contributed by atoms with Gasteiger partial charge in [-0.1, -0.05) is 11.6 Å². The van der Waals surface area contributed by atoms with Crippen LogP contribution in [0.1, 0.15) is 51.3 Å². The lowest BCUT2D eigenvalue weighted by molar-refractivity contribution is -0.177. The number of ether oxygens (including phenoxy) is 1. The molecule has 5 rings (SSSR count). The SMILES string of the molecule is CC(=O)NC12CC3CC(C1)CC(C(=O)OCc1ncc(Cl)n1C)(C3)C2. The van der Waals surface area contributed by atoms with Crippen LogP contribution in [0.25, 0.3) is 0 Å². The molecule has 1 heterocycles. The fourth-order valence-corrected chi connectivity index (χ4v) is 6.01. The van der Waals surface area contributed by atoms with Gasteiger partial charge in [-0.05, 0) is 50.4 Å². The summed E-state index contributed by atoms with van der Waals surface area (Å²) in [5.41, 5.74) is -0.678. The molecular weight excluding hydrogens is 342 g/mol.